The van der Waals surface area contributed by atoms with Crippen molar-refractivity contribution in [1.82, 2.24) is 0 Å². The Hall–Kier alpha value is -2.95. The molecule has 22 heavy (non-hydrogen) atoms. The third-order valence-corrected chi connectivity index (χ3v) is 2.96. The number of phenols is 3. The minimum Gasteiger partial charge on any atom is -0.508 e. The number of carbonyl (C=O) groups is 1. The number of phenolic OH excluding ortho intramolecular Hbond substituents is 3. The van der Waals surface area contributed by atoms with E-state index < -0.39 is 5.97 Å². The van der Waals surface area contributed by atoms with Gasteiger partial charge in [-0.25, -0.2) is 4.79 Å². The number of esters is 1. The number of ether oxygens (including phenoxy) is 1. The van der Waals surface area contributed by atoms with E-state index in [1.54, 1.807) is 24.3 Å². The maximum Gasteiger partial charge on any atom is 0.330 e. The molecule has 0 aliphatic carbocycles. The topological polar surface area (TPSA) is 87.0 Å². The van der Waals surface area contributed by atoms with Crippen LogP contribution in [-0.4, -0.2) is 27.9 Å². The molecule has 0 fully saturated rings. The largest absolute Gasteiger partial charge is 0.508 e. The summed E-state index contributed by atoms with van der Waals surface area (Å²) < 4.78 is 5.04. The molecule has 2 aromatic carbocycles. The van der Waals surface area contributed by atoms with Gasteiger partial charge in [0.05, 0.1) is 6.61 Å². The van der Waals surface area contributed by atoms with Gasteiger partial charge in [-0.1, -0.05) is 18.2 Å². The predicted octanol–water partition coefficient (Wildman–Crippen LogP) is 2.60. The van der Waals surface area contributed by atoms with Crippen LogP contribution in [0.15, 0.2) is 48.5 Å². The van der Waals surface area contributed by atoms with Crippen molar-refractivity contribution in [2.45, 2.75) is 6.42 Å². The van der Waals surface area contributed by atoms with E-state index in [0.29, 0.717) is 12.0 Å². The molecule has 2 rings (SSSR count). The van der Waals surface area contributed by atoms with Gasteiger partial charge in [0, 0.05) is 12.5 Å². The number of rotatable bonds is 5. The molecule has 0 bridgehead atoms. The van der Waals surface area contributed by atoms with Gasteiger partial charge in [-0.05, 0) is 41.5 Å². The van der Waals surface area contributed by atoms with Gasteiger partial charge in [0.2, 0.25) is 0 Å². The molecule has 0 aliphatic rings. The molecule has 5 nitrogen and oxygen atoms in total. The van der Waals surface area contributed by atoms with E-state index in [-0.39, 0.29) is 23.9 Å². The molecule has 5 heteroatoms. The zero-order valence-electron chi connectivity index (χ0n) is 11.8. The van der Waals surface area contributed by atoms with Gasteiger partial charge >= 0.3 is 5.97 Å². The lowest BCUT2D eigenvalue weighted by atomic mass is 10.1. The van der Waals surface area contributed by atoms with Crippen molar-refractivity contribution in [2.24, 2.45) is 0 Å². The normalized spacial score (nSPS) is 10.7. The van der Waals surface area contributed by atoms with Crippen LogP contribution in [0, 0.1) is 0 Å². The third kappa shape index (κ3) is 4.56. The zero-order valence-corrected chi connectivity index (χ0v) is 11.8. The van der Waals surface area contributed by atoms with Crippen molar-refractivity contribution in [3.63, 3.8) is 0 Å². The van der Waals surface area contributed by atoms with E-state index in [9.17, 15) is 20.1 Å². The molecule has 0 heterocycles. The highest BCUT2D eigenvalue weighted by Crippen LogP contribution is 2.25. The molecule has 0 spiro atoms. The maximum atomic E-state index is 11.6. The van der Waals surface area contributed by atoms with Crippen molar-refractivity contribution < 1.29 is 24.9 Å². The van der Waals surface area contributed by atoms with Crippen LogP contribution in [0.1, 0.15) is 11.1 Å². The summed E-state index contributed by atoms with van der Waals surface area (Å²) in [7, 11) is 0. The van der Waals surface area contributed by atoms with Gasteiger partial charge in [-0.15, -0.1) is 0 Å². The van der Waals surface area contributed by atoms with Crippen molar-refractivity contribution in [3.8, 4) is 17.2 Å². The van der Waals surface area contributed by atoms with Crippen LogP contribution in [-0.2, 0) is 16.0 Å². The minimum atomic E-state index is -0.507. The first kappa shape index (κ1) is 15.4. The Morgan fingerprint density at radius 2 is 1.86 bits per heavy atom. The Labute approximate surface area is 127 Å². The summed E-state index contributed by atoms with van der Waals surface area (Å²) in [5.41, 5.74) is 1.44. The summed E-state index contributed by atoms with van der Waals surface area (Å²) in [6.07, 6.45) is 3.23. The molecule has 0 amide bonds. The Bertz CT molecular complexity index is 691. The average Bonchev–Trinajstić information content (AvgIpc) is 2.48. The van der Waals surface area contributed by atoms with E-state index >= 15 is 0 Å². The fourth-order valence-corrected chi connectivity index (χ4v) is 1.84. The molecular weight excluding hydrogens is 284 g/mol. The fraction of sp³-hybridized carbons (Fsp3) is 0.118. The maximum absolute atomic E-state index is 11.6. The van der Waals surface area contributed by atoms with Crippen LogP contribution in [0.3, 0.4) is 0 Å². The molecule has 0 saturated carbocycles. The van der Waals surface area contributed by atoms with Gasteiger partial charge in [-0.3, -0.25) is 0 Å². The van der Waals surface area contributed by atoms with Crippen LogP contribution in [0.5, 0.6) is 17.2 Å². The lowest BCUT2D eigenvalue weighted by Gasteiger charge is -2.03. The van der Waals surface area contributed by atoms with E-state index in [1.807, 2.05) is 6.07 Å². The van der Waals surface area contributed by atoms with Crippen molar-refractivity contribution in [3.05, 3.63) is 59.7 Å². The highest BCUT2D eigenvalue weighted by Gasteiger charge is 2.01. The second-order valence-electron chi connectivity index (χ2n) is 4.67. The Morgan fingerprint density at radius 1 is 1.05 bits per heavy atom. The fourth-order valence-electron chi connectivity index (χ4n) is 1.84. The smallest absolute Gasteiger partial charge is 0.330 e. The summed E-state index contributed by atoms with van der Waals surface area (Å²) in [5, 5.41) is 27.8. The molecule has 114 valence electrons. The van der Waals surface area contributed by atoms with Crippen molar-refractivity contribution >= 4 is 12.0 Å². The highest BCUT2D eigenvalue weighted by molar-refractivity contribution is 5.87. The number of hydrogen-bond acceptors (Lipinski definition) is 5. The first-order valence-corrected chi connectivity index (χ1v) is 6.69. The second-order valence-corrected chi connectivity index (χ2v) is 4.67. The number of hydrogen-bond donors (Lipinski definition) is 3. The molecule has 0 atom stereocenters. The standard InChI is InChI=1S/C17H16O5/c18-14-3-1-2-12(10-14)8-9-22-17(21)7-5-13-4-6-15(19)16(20)11-13/h1-7,10-11,18-20H,8-9H2/b7-5+. The molecule has 0 unspecified atom stereocenters. The summed E-state index contributed by atoms with van der Waals surface area (Å²) in [6.45, 7) is 0.202. The second kappa shape index (κ2) is 7.17. The Kier molecular flexibility index (Phi) is 5.03. The quantitative estimate of drug-likeness (QED) is 0.449. The molecule has 0 radical (unpaired) electrons. The Balaban J connectivity index is 1.82. The van der Waals surface area contributed by atoms with Crippen LogP contribution in [0.2, 0.25) is 0 Å². The summed E-state index contributed by atoms with van der Waals surface area (Å²) in [5.74, 6) is -0.797. The zero-order chi connectivity index (χ0) is 15.9. The SMILES string of the molecule is O=C(/C=C/c1ccc(O)c(O)c1)OCCc1cccc(O)c1. The third-order valence-electron chi connectivity index (χ3n) is 2.96. The summed E-state index contributed by atoms with van der Waals surface area (Å²) in [6, 6.07) is 11.0. The summed E-state index contributed by atoms with van der Waals surface area (Å²) >= 11 is 0. The molecule has 3 N–H and O–H groups in total. The van der Waals surface area contributed by atoms with Crippen LogP contribution >= 0.6 is 0 Å². The molecule has 0 saturated heterocycles. The van der Waals surface area contributed by atoms with Crippen LogP contribution < -0.4 is 0 Å². The van der Waals surface area contributed by atoms with Crippen molar-refractivity contribution in [1.29, 1.82) is 0 Å². The van der Waals surface area contributed by atoms with Gasteiger partial charge in [0.15, 0.2) is 11.5 Å². The molecule has 0 aromatic heterocycles. The molecule has 0 aliphatic heterocycles. The minimum absolute atomic E-state index is 0.177. The van der Waals surface area contributed by atoms with E-state index in [4.69, 9.17) is 4.74 Å². The first-order chi connectivity index (χ1) is 10.5. The van der Waals surface area contributed by atoms with E-state index in [1.165, 1.54) is 24.3 Å². The highest BCUT2D eigenvalue weighted by atomic mass is 16.5. The predicted molar refractivity (Wildman–Crippen MR) is 81.6 cm³/mol. The lowest BCUT2D eigenvalue weighted by Crippen LogP contribution is -2.04. The van der Waals surface area contributed by atoms with E-state index in [0.717, 1.165) is 5.56 Å². The van der Waals surface area contributed by atoms with Gasteiger partial charge < -0.3 is 20.1 Å². The van der Waals surface area contributed by atoms with E-state index in [2.05, 4.69) is 0 Å². The molecular formula is C17H16O5. The average molecular weight is 300 g/mol. The lowest BCUT2D eigenvalue weighted by molar-refractivity contribution is -0.137. The monoisotopic (exact) mass is 300 g/mol. The van der Waals surface area contributed by atoms with Crippen molar-refractivity contribution in [2.75, 3.05) is 6.61 Å². The number of benzene rings is 2. The molecule has 2 aromatic rings. The number of aromatic hydroxyl groups is 3. The van der Waals surface area contributed by atoms with Gasteiger partial charge in [-0.2, -0.15) is 0 Å². The van der Waals surface area contributed by atoms with Crippen LogP contribution in [0.25, 0.3) is 6.08 Å². The first-order valence-electron chi connectivity index (χ1n) is 6.69. The van der Waals surface area contributed by atoms with Gasteiger partial charge in [0.1, 0.15) is 5.75 Å². The number of carbonyl (C=O) groups excluding carboxylic acids is 1. The Morgan fingerprint density at radius 3 is 2.59 bits per heavy atom. The summed E-state index contributed by atoms with van der Waals surface area (Å²) in [4.78, 5) is 11.6. The van der Waals surface area contributed by atoms with Gasteiger partial charge in [0.25, 0.3) is 0 Å². The van der Waals surface area contributed by atoms with Crippen LogP contribution in [0.4, 0.5) is 0 Å².